The van der Waals surface area contributed by atoms with E-state index in [1.807, 2.05) is 19.2 Å². The Bertz CT molecular complexity index is 444. The van der Waals surface area contributed by atoms with E-state index in [9.17, 15) is 18.0 Å². The minimum atomic E-state index is -4.41. The first-order chi connectivity index (χ1) is 8.83. The Kier molecular flexibility index (Phi) is 5.20. The predicted molar refractivity (Wildman–Crippen MR) is 68.3 cm³/mol. The molecule has 0 saturated heterocycles. The SMILES string of the molecule is CCCNc1cc(C)ccc1C(=O)NCC(F)(F)F. The van der Waals surface area contributed by atoms with Crippen LogP contribution in [0.2, 0.25) is 0 Å². The molecule has 0 aliphatic carbocycles. The number of anilines is 1. The summed E-state index contributed by atoms with van der Waals surface area (Å²) in [5, 5.41) is 4.91. The molecule has 1 amide bonds. The number of nitrogens with one attached hydrogen (secondary N) is 2. The lowest BCUT2D eigenvalue weighted by Gasteiger charge is -2.13. The van der Waals surface area contributed by atoms with Crippen molar-refractivity contribution in [3.05, 3.63) is 29.3 Å². The fourth-order valence-corrected chi connectivity index (χ4v) is 1.54. The fourth-order valence-electron chi connectivity index (χ4n) is 1.54. The van der Waals surface area contributed by atoms with E-state index < -0.39 is 18.6 Å². The molecule has 0 aliphatic rings. The topological polar surface area (TPSA) is 41.1 Å². The first kappa shape index (κ1) is 15.3. The van der Waals surface area contributed by atoms with E-state index in [2.05, 4.69) is 5.32 Å². The van der Waals surface area contributed by atoms with Crippen LogP contribution in [0.4, 0.5) is 18.9 Å². The van der Waals surface area contributed by atoms with E-state index >= 15 is 0 Å². The lowest BCUT2D eigenvalue weighted by molar-refractivity contribution is -0.123. The third kappa shape index (κ3) is 5.19. The Balaban J connectivity index is 2.83. The summed E-state index contributed by atoms with van der Waals surface area (Å²) in [6.45, 7) is 3.15. The normalized spacial score (nSPS) is 11.2. The van der Waals surface area contributed by atoms with Crippen LogP contribution in [-0.2, 0) is 0 Å². The van der Waals surface area contributed by atoms with Crippen molar-refractivity contribution in [2.24, 2.45) is 0 Å². The maximum atomic E-state index is 12.1. The number of carbonyl (C=O) groups excluding carboxylic acids is 1. The van der Waals surface area contributed by atoms with E-state index in [0.29, 0.717) is 12.2 Å². The Hall–Kier alpha value is -1.72. The molecule has 3 nitrogen and oxygen atoms in total. The molecule has 0 aromatic heterocycles. The highest BCUT2D eigenvalue weighted by atomic mass is 19.4. The lowest BCUT2D eigenvalue weighted by atomic mass is 10.1. The number of rotatable bonds is 5. The summed E-state index contributed by atoms with van der Waals surface area (Å²) in [5.74, 6) is -0.726. The highest BCUT2D eigenvalue weighted by Crippen LogP contribution is 2.18. The minimum absolute atomic E-state index is 0.225. The molecule has 0 unspecified atom stereocenters. The zero-order valence-electron chi connectivity index (χ0n) is 10.9. The van der Waals surface area contributed by atoms with E-state index in [-0.39, 0.29) is 5.56 Å². The van der Waals surface area contributed by atoms with Gasteiger partial charge in [0, 0.05) is 12.2 Å². The van der Waals surface area contributed by atoms with E-state index in [1.54, 1.807) is 12.1 Å². The molecule has 0 aliphatic heterocycles. The molecule has 0 fully saturated rings. The van der Waals surface area contributed by atoms with E-state index in [0.717, 1.165) is 12.0 Å². The van der Waals surface area contributed by atoms with Gasteiger partial charge in [0.05, 0.1) is 5.56 Å². The maximum absolute atomic E-state index is 12.1. The number of carbonyl (C=O) groups is 1. The Morgan fingerprint density at radius 1 is 1.32 bits per heavy atom. The molecule has 0 bridgehead atoms. The van der Waals surface area contributed by atoms with Gasteiger partial charge in [-0.3, -0.25) is 4.79 Å². The summed E-state index contributed by atoms with van der Waals surface area (Å²) < 4.78 is 36.2. The van der Waals surface area contributed by atoms with E-state index in [1.165, 1.54) is 6.07 Å². The molecule has 0 atom stereocenters. The van der Waals surface area contributed by atoms with Gasteiger partial charge in [-0.1, -0.05) is 13.0 Å². The van der Waals surface area contributed by atoms with Crippen LogP contribution in [0, 0.1) is 6.92 Å². The van der Waals surface area contributed by atoms with Crippen molar-refractivity contribution < 1.29 is 18.0 Å². The number of benzene rings is 1. The standard InChI is InChI=1S/C13H17F3N2O/c1-3-6-17-11-7-9(2)4-5-10(11)12(19)18-8-13(14,15)16/h4-5,7,17H,3,6,8H2,1-2H3,(H,18,19). The number of halogens is 3. The van der Waals surface area contributed by atoms with Crippen LogP contribution in [0.15, 0.2) is 18.2 Å². The Morgan fingerprint density at radius 3 is 2.58 bits per heavy atom. The van der Waals surface area contributed by atoms with Crippen LogP contribution < -0.4 is 10.6 Å². The second-order valence-electron chi connectivity index (χ2n) is 4.27. The number of alkyl halides is 3. The molecule has 2 N–H and O–H groups in total. The maximum Gasteiger partial charge on any atom is 0.405 e. The molecular weight excluding hydrogens is 257 g/mol. The van der Waals surface area contributed by atoms with Crippen molar-refractivity contribution >= 4 is 11.6 Å². The molecule has 6 heteroatoms. The average molecular weight is 274 g/mol. The van der Waals surface area contributed by atoms with Gasteiger partial charge in [-0.25, -0.2) is 0 Å². The zero-order valence-corrected chi connectivity index (χ0v) is 10.9. The first-order valence-corrected chi connectivity index (χ1v) is 6.03. The van der Waals surface area contributed by atoms with Crippen LogP contribution in [0.25, 0.3) is 0 Å². The third-order valence-corrected chi connectivity index (χ3v) is 2.43. The highest BCUT2D eigenvalue weighted by Gasteiger charge is 2.28. The molecule has 1 rings (SSSR count). The van der Waals surface area contributed by atoms with Gasteiger partial charge >= 0.3 is 6.18 Å². The molecular formula is C13H17F3N2O. The number of hydrogen-bond acceptors (Lipinski definition) is 2. The van der Waals surface area contributed by atoms with Gasteiger partial charge < -0.3 is 10.6 Å². The van der Waals surface area contributed by atoms with E-state index in [4.69, 9.17) is 0 Å². The van der Waals surface area contributed by atoms with Gasteiger partial charge in [-0.2, -0.15) is 13.2 Å². The summed E-state index contributed by atoms with van der Waals surface area (Å²) in [7, 11) is 0. The van der Waals surface area contributed by atoms with Crippen molar-refractivity contribution in [1.82, 2.24) is 5.32 Å². The first-order valence-electron chi connectivity index (χ1n) is 6.03. The van der Waals surface area contributed by atoms with Crippen molar-refractivity contribution in [3.8, 4) is 0 Å². The molecule has 0 saturated carbocycles. The van der Waals surface area contributed by atoms with Gasteiger partial charge in [0.15, 0.2) is 0 Å². The van der Waals surface area contributed by atoms with Gasteiger partial charge in [-0.15, -0.1) is 0 Å². The van der Waals surface area contributed by atoms with Crippen LogP contribution >= 0.6 is 0 Å². The monoisotopic (exact) mass is 274 g/mol. The Labute approximate surface area is 110 Å². The summed E-state index contributed by atoms with van der Waals surface area (Å²) in [6, 6.07) is 4.97. The van der Waals surface area contributed by atoms with Gasteiger partial charge in [0.1, 0.15) is 6.54 Å². The molecule has 0 heterocycles. The van der Waals surface area contributed by atoms with Crippen molar-refractivity contribution in [1.29, 1.82) is 0 Å². The zero-order chi connectivity index (χ0) is 14.5. The number of aryl methyl sites for hydroxylation is 1. The number of hydrogen-bond donors (Lipinski definition) is 2. The molecule has 0 radical (unpaired) electrons. The molecule has 1 aromatic carbocycles. The predicted octanol–water partition coefficient (Wildman–Crippen LogP) is 3.11. The summed E-state index contributed by atoms with van der Waals surface area (Å²) >= 11 is 0. The van der Waals surface area contributed by atoms with Crippen molar-refractivity contribution in [2.75, 3.05) is 18.4 Å². The van der Waals surface area contributed by atoms with Crippen LogP contribution in [0.1, 0.15) is 29.3 Å². The molecule has 19 heavy (non-hydrogen) atoms. The van der Waals surface area contributed by atoms with Crippen LogP contribution in [0.5, 0.6) is 0 Å². The fraction of sp³-hybridized carbons (Fsp3) is 0.462. The average Bonchev–Trinajstić information content (AvgIpc) is 2.32. The van der Waals surface area contributed by atoms with Crippen molar-refractivity contribution in [3.63, 3.8) is 0 Å². The second-order valence-corrected chi connectivity index (χ2v) is 4.27. The Morgan fingerprint density at radius 2 is 2.00 bits per heavy atom. The van der Waals surface area contributed by atoms with Gasteiger partial charge in [0.2, 0.25) is 0 Å². The second kappa shape index (κ2) is 6.45. The molecule has 0 spiro atoms. The smallest absolute Gasteiger partial charge is 0.384 e. The minimum Gasteiger partial charge on any atom is -0.384 e. The number of amides is 1. The largest absolute Gasteiger partial charge is 0.405 e. The van der Waals surface area contributed by atoms with Gasteiger partial charge in [0.25, 0.3) is 5.91 Å². The summed E-state index contributed by atoms with van der Waals surface area (Å²) in [5.41, 5.74) is 1.72. The van der Waals surface area contributed by atoms with Crippen LogP contribution in [-0.4, -0.2) is 25.2 Å². The van der Waals surface area contributed by atoms with Crippen LogP contribution in [0.3, 0.4) is 0 Å². The molecule has 1 aromatic rings. The molecule has 106 valence electrons. The summed E-state index contributed by atoms with van der Waals surface area (Å²) in [4.78, 5) is 11.7. The van der Waals surface area contributed by atoms with Crippen molar-refractivity contribution in [2.45, 2.75) is 26.4 Å². The lowest BCUT2D eigenvalue weighted by Crippen LogP contribution is -2.34. The van der Waals surface area contributed by atoms with Gasteiger partial charge in [-0.05, 0) is 31.0 Å². The third-order valence-electron chi connectivity index (χ3n) is 2.43. The highest BCUT2D eigenvalue weighted by molar-refractivity contribution is 5.99. The quantitative estimate of drug-likeness (QED) is 0.866. The summed E-state index contributed by atoms with van der Waals surface area (Å²) in [6.07, 6.45) is -3.55.